The molecule has 0 aromatic heterocycles. The molecule has 0 saturated carbocycles. The summed E-state index contributed by atoms with van der Waals surface area (Å²) in [5.74, 6) is -3.24. The Morgan fingerprint density at radius 2 is 1.53 bits per heavy atom. The van der Waals surface area contributed by atoms with Crippen LogP contribution in [-0.4, -0.2) is 132 Å². The smallest absolute Gasteiger partial charge is 0.326 e. The molecule has 0 bridgehead atoms. The third kappa shape index (κ3) is 13.2. The second kappa shape index (κ2) is 23.3. The van der Waals surface area contributed by atoms with E-state index in [0.717, 1.165) is 18.4 Å². The zero-order valence-electron chi connectivity index (χ0n) is 38.0. The normalized spacial score (nSPS) is 18.9. The fraction of sp³-hybridized carbons (Fsp3) is 0.756. The lowest BCUT2D eigenvalue weighted by Gasteiger charge is -2.43. The van der Waals surface area contributed by atoms with Crippen molar-refractivity contribution in [1.29, 1.82) is 0 Å². The first-order chi connectivity index (χ1) is 27.2. The highest BCUT2D eigenvalue weighted by atomic mass is 16.5. The molecule has 1 aromatic carbocycles. The standard InChI is InChI=1S/C45H77N5O8/c1-15-24-45(9,10)49(12)38(29(5)6)42(53)47-37(28(3)4)43(54)48(11)39(30(7)16-2)35(57-13)27-36(51)50-25-20-23-34(50)40(58-14)31(8)41(52)46-33(44(55)56)26-32-21-18-17-19-22-32/h17-19,21-22,28-31,33-35,37-40H,15-16,20,23-27H2,1-14H3,(H,46,52)(H,47,53)(H,55,56)/t30-,31+,33-,34-,35+,37-,38-,39-,40+/m0/s1. The molecule has 0 aliphatic carbocycles. The Labute approximate surface area is 349 Å². The van der Waals surface area contributed by atoms with Crippen LogP contribution in [0.3, 0.4) is 0 Å². The minimum Gasteiger partial charge on any atom is -0.480 e. The molecule has 58 heavy (non-hydrogen) atoms. The molecule has 13 heteroatoms. The molecule has 1 aliphatic heterocycles. The fourth-order valence-electron chi connectivity index (χ4n) is 8.72. The summed E-state index contributed by atoms with van der Waals surface area (Å²) < 4.78 is 12.0. The minimum absolute atomic E-state index is 0.00399. The number of hydrogen-bond acceptors (Lipinski definition) is 8. The van der Waals surface area contributed by atoms with Crippen LogP contribution >= 0.6 is 0 Å². The number of methoxy groups -OCH3 is 2. The van der Waals surface area contributed by atoms with Crippen LogP contribution in [0.4, 0.5) is 0 Å². The summed E-state index contributed by atoms with van der Waals surface area (Å²) in [6.45, 7) is 20.5. The maximum Gasteiger partial charge on any atom is 0.326 e. The first kappa shape index (κ1) is 50.6. The number of likely N-dealkylation sites (tertiary alicyclic amines) is 1. The quantitative estimate of drug-likeness (QED) is 0.124. The lowest BCUT2D eigenvalue weighted by Crippen LogP contribution is -2.61. The van der Waals surface area contributed by atoms with Crippen molar-refractivity contribution in [3.05, 3.63) is 35.9 Å². The van der Waals surface area contributed by atoms with Crippen molar-refractivity contribution in [3.63, 3.8) is 0 Å². The van der Waals surface area contributed by atoms with Crippen LogP contribution < -0.4 is 10.6 Å². The lowest BCUT2D eigenvalue weighted by molar-refractivity contribution is -0.148. The van der Waals surface area contributed by atoms with E-state index >= 15 is 0 Å². The summed E-state index contributed by atoms with van der Waals surface area (Å²) in [5.41, 5.74) is 0.566. The summed E-state index contributed by atoms with van der Waals surface area (Å²) in [6, 6.07) is 5.83. The number of carboxylic acids is 1. The molecule has 0 radical (unpaired) electrons. The van der Waals surface area contributed by atoms with E-state index < -0.39 is 60.2 Å². The van der Waals surface area contributed by atoms with E-state index in [9.17, 15) is 29.1 Å². The van der Waals surface area contributed by atoms with Crippen LogP contribution in [-0.2, 0) is 39.9 Å². The maximum absolute atomic E-state index is 14.5. The topological polar surface area (TPSA) is 158 Å². The summed E-state index contributed by atoms with van der Waals surface area (Å²) in [6.07, 6.45) is 2.69. The number of aliphatic carboxylic acids is 1. The molecule has 1 fully saturated rings. The van der Waals surface area contributed by atoms with Crippen LogP contribution in [0.5, 0.6) is 0 Å². The van der Waals surface area contributed by atoms with E-state index in [-0.39, 0.29) is 53.9 Å². The molecule has 330 valence electrons. The molecule has 0 unspecified atom stereocenters. The van der Waals surface area contributed by atoms with Crippen molar-refractivity contribution in [2.45, 2.75) is 162 Å². The molecule has 13 nitrogen and oxygen atoms in total. The minimum atomic E-state index is -1.14. The van der Waals surface area contributed by atoms with Gasteiger partial charge in [0.2, 0.25) is 23.6 Å². The number of carbonyl (C=O) groups excluding carboxylic acids is 4. The number of carboxylic acid groups (broad SMARTS) is 1. The van der Waals surface area contributed by atoms with Gasteiger partial charge in [-0.1, -0.05) is 98.6 Å². The molecular weight excluding hydrogens is 739 g/mol. The van der Waals surface area contributed by atoms with Crippen molar-refractivity contribution >= 4 is 29.6 Å². The van der Waals surface area contributed by atoms with Crippen molar-refractivity contribution in [2.75, 3.05) is 34.9 Å². The number of amides is 4. The van der Waals surface area contributed by atoms with E-state index in [2.05, 4.69) is 36.3 Å². The van der Waals surface area contributed by atoms with Crippen LogP contribution in [0.1, 0.15) is 113 Å². The Balaban J connectivity index is 2.31. The van der Waals surface area contributed by atoms with Crippen molar-refractivity contribution < 1.29 is 38.6 Å². The highest BCUT2D eigenvalue weighted by Gasteiger charge is 2.44. The zero-order valence-corrected chi connectivity index (χ0v) is 38.0. The van der Waals surface area contributed by atoms with Gasteiger partial charge in [0.1, 0.15) is 12.1 Å². The SMILES string of the molecule is CCCC(C)(C)N(C)[C@H](C(=O)N[C@H](C(=O)N(C)[C@@H]([C@@H](C)CC)[C@@H](CC(=O)N1CCC[C@H]1[C@H](OC)[C@@H](C)C(=O)N[C@@H](Cc1ccccc1)C(=O)O)OC)C(C)C)C(C)C. The van der Waals surface area contributed by atoms with E-state index in [0.29, 0.717) is 25.8 Å². The van der Waals surface area contributed by atoms with E-state index in [4.69, 9.17) is 9.47 Å². The Hall–Kier alpha value is -3.55. The van der Waals surface area contributed by atoms with E-state index in [1.54, 1.807) is 30.9 Å². The second-order valence-electron chi connectivity index (χ2n) is 17.8. The fourth-order valence-corrected chi connectivity index (χ4v) is 8.72. The molecule has 1 heterocycles. The van der Waals surface area contributed by atoms with E-state index in [1.807, 2.05) is 78.9 Å². The number of rotatable bonds is 24. The van der Waals surface area contributed by atoms with Gasteiger partial charge in [-0.2, -0.15) is 0 Å². The molecule has 9 atom stereocenters. The zero-order chi connectivity index (χ0) is 44.1. The number of nitrogens with zero attached hydrogens (tertiary/aromatic N) is 3. The van der Waals surface area contributed by atoms with Gasteiger partial charge in [-0.05, 0) is 63.5 Å². The number of hydrogen-bond donors (Lipinski definition) is 3. The van der Waals surface area contributed by atoms with Gasteiger partial charge >= 0.3 is 5.97 Å². The number of carbonyl (C=O) groups is 5. The highest BCUT2D eigenvalue weighted by Crippen LogP contribution is 2.30. The Kier molecular flexibility index (Phi) is 20.3. The van der Waals surface area contributed by atoms with Crippen molar-refractivity contribution in [2.24, 2.45) is 23.7 Å². The Morgan fingerprint density at radius 1 is 0.914 bits per heavy atom. The number of benzene rings is 1. The molecule has 1 aliphatic rings. The predicted octanol–water partition coefficient (Wildman–Crippen LogP) is 5.39. The summed E-state index contributed by atoms with van der Waals surface area (Å²) in [5, 5.41) is 15.7. The molecule has 1 aromatic rings. The van der Waals surface area contributed by atoms with Gasteiger partial charge in [0, 0.05) is 39.8 Å². The predicted molar refractivity (Wildman–Crippen MR) is 228 cm³/mol. The molecule has 3 N–H and O–H groups in total. The van der Waals surface area contributed by atoms with Gasteiger partial charge in [0.25, 0.3) is 0 Å². The molecule has 0 spiro atoms. The molecule has 2 rings (SSSR count). The summed E-state index contributed by atoms with van der Waals surface area (Å²) in [7, 11) is 6.77. The van der Waals surface area contributed by atoms with Gasteiger partial charge in [-0.25, -0.2) is 4.79 Å². The van der Waals surface area contributed by atoms with Crippen LogP contribution in [0, 0.1) is 23.7 Å². The second-order valence-corrected chi connectivity index (χ2v) is 17.8. The first-order valence-corrected chi connectivity index (χ1v) is 21.4. The van der Waals surface area contributed by atoms with Crippen LogP contribution in [0.15, 0.2) is 30.3 Å². The number of nitrogens with one attached hydrogen (secondary N) is 2. The highest BCUT2D eigenvalue weighted by molar-refractivity contribution is 5.90. The summed E-state index contributed by atoms with van der Waals surface area (Å²) in [4.78, 5) is 74.1. The Morgan fingerprint density at radius 3 is 2.03 bits per heavy atom. The third-order valence-corrected chi connectivity index (χ3v) is 12.5. The lowest BCUT2D eigenvalue weighted by atomic mass is 9.89. The van der Waals surface area contributed by atoms with Gasteiger partial charge < -0.3 is 35.0 Å². The van der Waals surface area contributed by atoms with Crippen molar-refractivity contribution in [3.8, 4) is 0 Å². The van der Waals surface area contributed by atoms with Crippen LogP contribution in [0.25, 0.3) is 0 Å². The van der Waals surface area contributed by atoms with Crippen molar-refractivity contribution in [1.82, 2.24) is 25.3 Å². The van der Waals surface area contributed by atoms with Gasteiger partial charge in [-0.15, -0.1) is 0 Å². The Bertz CT molecular complexity index is 1470. The van der Waals surface area contributed by atoms with Gasteiger partial charge in [0.05, 0.1) is 42.7 Å². The largest absolute Gasteiger partial charge is 0.480 e. The number of likely N-dealkylation sites (N-methyl/N-ethyl adjacent to an activating group) is 2. The molecule has 1 saturated heterocycles. The maximum atomic E-state index is 14.5. The first-order valence-electron chi connectivity index (χ1n) is 21.4. The average Bonchev–Trinajstić information content (AvgIpc) is 3.65. The third-order valence-electron chi connectivity index (χ3n) is 12.5. The molecule has 4 amide bonds. The summed E-state index contributed by atoms with van der Waals surface area (Å²) >= 11 is 0. The van der Waals surface area contributed by atoms with Crippen LogP contribution in [0.2, 0.25) is 0 Å². The van der Waals surface area contributed by atoms with E-state index in [1.165, 1.54) is 7.11 Å². The monoisotopic (exact) mass is 816 g/mol. The van der Waals surface area contributed by atoms with Gasteiger partial charge in [-0.3, -0.25) is 24.1 Å². The average molecular weight is 816 g/mol. The van der Waals surface area contributed by atoms with Gasteiger partial charge in [0.15, 0.2) is 0 Å². The molecular formula is C45H77N5O8. The number of ether oxygens (including phenoxy) is 2.